The smallest absolute Gasteiger partial charge is 0.351 e. The molecule has 0 amide bonds. The lowest BCUT2D eigenvalue weighted by Crippen LogP contribution is -2.35. The zero-order valence-electron chi connectivity index (χ0n) is 16.1. The van der Waals surface area contributed by atoms with Gasteiger partial charge in [-0.1, -0.05) is 0 Å². The van der Waals surface area contributed by atoms with Gasteiger partial charge in [-0.25, -0.2) is 23.7 Å². The molecule has 7 nitrogen and oxygen atoms in total. The van der Waals surface area contributed by atoms with Crippen molar-refractivity contribution in [3.8, 4) is 17.1 Å². The Hall–Kier alpha value is -3.15. The second-order valence-corrected chi connectivity index (χ2v) is 7.00. The molecule has 12 heteroatoms. The third-order valence-electron chi connectivity index (χ3n) is 4.89. The van der Waals surface area contributed by atoms with E-state index in [-0.39, 0.29) is 23.4 Å². The van der Waals surface area contributed by atoms with Gasteiger partial charge in [0, 0.05) is 24.6 Å². The van der Waals surface area contributed by atoms with Gasteiger partial charge in [-0.05, 0) is 38.1 Å². The van der Waals surface area contributed by atoms with Gasteiger partial charge in [-0.15, -0.1) is 0 Å². The SMILES string of the molecule is FC(F)c1ncccc1-n1cnc(-c2nc(NC3CCNCC3)ncc2C(F)(F)F)c1. The molecule has 4 heterocycles. The third kappa shape index (κ3) is 4.63. The molecule has 0 aliphatic carbocycles. The number of rotatable bonds is 5. The molecule has 0 radical (unpaired) electrons. The number of halogens is 5. The van der Waals surface area contributed by atoms with Crippen molar-refractivity contribution >= 4 is 5.95 Å². The molecule has 0 aromatic carbocycles. The Balaban J connectivity index is 1.72. The molecule has 3 aromatic rings. The van der Waals surface area contributed by atoms with E-state index in [0.717, 1.165) is 32.3 Å². The molecule has 4 rings (SSSR count). The summed E-state index contributed by atoms with van der Waals surface area (Å²) in [6, 6.07) is 2.87. The Labute approximate surface area is 173 Å². The van der Waals surface area contributed by atoms with E-state index in [4.69, 9.17) is 0 Å². The van der Waals surface area contributed by atoms with Crippen molar-refractivity contribution in [2.45, 2.75) is 31.5 Å². The van der Waals surface area contributed by atoms with Crippen LogP contribution in [-0.4, -0.2) is 43.6 Å². The molecule has 1 fully saturated rings. The summed E-state index contributed by atoms with van der Waals surface area (Å²) in [6.45, 7) is 1.57. The van der Waals surface area contributed by atoms with Crippen LogP contribution in [0.1, 0.15) is 30.5 Å². The van der Waals surface area contributed by atoms with Crippen LogP contribution in [-0.2, 0) is 6.18 Å². The first kappa shape index (κ1) is 21.1. The molecule has 164 valence electrons. The van der Waals surface area contributed by atoms with Gasteiger partial charge in [-0.3, -0.25) is 4.98 Å². The average molecular weight is 439 g/mol. The van der Waals surface area contributed by atoms with Crippen LogP contribution in [0.3, 0.4) is 0 Å². The molecule has 1 aliphatic rings. The van der Waals surface area contributed by atoms with Crippen LogP contribution in [0.25, 0.3) is 17.1 Å². The van der Waals surface area contributed by atoms with Crippen LogP contribution in [0.2, 0.25) is 0 Å². The van der Waals surface area contributed by atoms with E-state index in [1.54, 1.807) is 0 Å². The second-order valence-electron chi connectivity index (χ2n) is 7.00. The highest BCUT2D eigenvalue weighted by Crippen LogP contribution is 2.36. The molecule has 0 spiro atoms. The second kappa shape index (κ2) is 8.53. The number of piperidine rings is 1. The highest BCUT2D eigenvalue weighted by molar-refractivity contribution is 5.61. The maximum absolute atomic E-state index is 13.6. The molecule has 0 unspecified atom stereocenters. The minimum atomic E-state index is -4.71. The molecule has 1 aliphatic heterocycles. The number of anilines is 1. The minimum Gasteiger partial charge on any atom is -0.351 e. The normalized spacial score (nSPS) is 15.4. The summed E-state index contributed by atoms with van der Waals surface area (Å²) in [5.74, 6) is 0.0547. The average Bonchev–Trinajstić information content (AvgIpc) is 3.24. The largest absolute Gasteiger partial charge is 0.420 e. The zero-order chi connectivity index (χ0) is 22.0. The fourth-order valence-corrected chi connectivity index (χ4v) is 3.38. The van der Waals surface area contributed by atoms with Gasteiger partial charge in [0.25, 0.3) is 6.43 Å². The van der Waals surface area contributed by atoms with E-state index in [2.05, 4.69) is 30.6 Å². The molecule has 0 saturated carbocycles. The Bertz CT molecular complexity index is 1040. The number of hydrogen-bond acceptors (Lipinski definition) is 6. The number of imidazole rings is 1. The van der Waals surface area contributed by atoms with Crippen molar-refractivity contribution in [3.63, 3.8) is 0 Å². The molecule has 2 N–H and O–H groups in total. The maximum Gasteiger partial charge on any atom is 0.420 e. The first-order valence-corrected chi connectivity index (χ1v) is 9.52. The number of alkyl halides is 5. The van der Waals surface area contributed by atoms with Crippen molar-refractivity contribution < 1.29 is 22.0 Å². The van der Waals surface area contributed by atoms with E-state index < -0.39 is 29.6 Å². The zero-order valence-corrected chi connectivity index (χ0v) is 16.1. The van der Waals surface area contributed by atoms with Crippen molar-refractivity contribution in [2.24, 2.45) is 0 Å². The summed E-state index contributed by atoms with van der Waals surface area (Å²) in [5, 5.41) is 6.26. The van der Waals surface area contributed by atoms with Gasteiger partial charge >= 0.3 is 6.18 Å². The first-order chi connectivity index (χ1) is 14.8. The summed E-state index contributed by atoms with van der Waals surface area (Å²) in [5.41, 5.74) is -2.09. The topological polar surface area (TPSA) is 80.5 Å². The van der Waals surface area contributed by atoms with Gasteiger partial charge < -0.3 is 15.2 Å². The monoisotopic (exact) mass is 439 g/mol. The van der Waals surface area contributed by atoms with Gasteiger partial charge in [0.15, 0.2) is 0 Å². The molecule has 31 heavy (non-hydrogen) atoms. The molecule has 0 bridgehead atoms. The number of aromatic nitrogens is 5. The summed E-state index contributed by atoms with van der Waals surface area (Å²) >= 11 is 0. The predicted molar refractivity (Wildman–Crippen MR) is 102 cm³/mol. The van der Waals surface area contributed by atoms with Crippen molar-refractivity contribution in [1.82, 2.24) is 29.8 Å². The third-order valence-corrected chi connectivity index (χ3v) is 4.89. The Morgan fingerprint density at radius 1 is 1.13 bits per heavy atom. The molecule has 1 saturated heterocycles. The van der Waals surface area contributed by atoms with Gasteiger partial charge in [0.2, 0.25) is 5.95 Å². The lowest BCUT2D eigenvalue weighted by atomic mass is 10.1. The highest BCUT2D eigenvalue weighted by Gasteiger charge is 2.36. The van der Waals surface area contributed by atoms with E-state index in [1.807, 2.05) is 0 Å². The fourth-order valence-electron chi connectivity index (χ4n) is 3.38. The van der Waals surface area contributed by atoms with E-state index in [1.165, 1.54) is 29.1 Å². The van der Waals surface area contributed by atoms with E-state index in [9.17, 15) is 22.0 Å². The summed E-state index contributed by atoms with van der Waals surface area (Å²) in [4.78, 5) is 15.5. The van der Waals surface area contributed by atoms with Gasteiger partial charge in [0.05, 0.1) is 5.69 Å². The standard InChI is InChI=1S/C19H18F5N7/c20-17(21)16-14(2-1-5-26-16)31-9-13(28-10-31)15-12(19(22,23)24)8-27-18(30-15)29-11-3-6-25-7-4-11/h1-2,5,8-11,17,25H,3-4,6-7H2,(H,27,29,30). The molecular formula is C19H18F5N7. The van der Waals surface area contributed by atoms with Crippen LogP contribution in [0.15, 0.2) is 37.1 Å². The lowest BCUT2D eigenvalue weighted by molar-refractivity contribution is -0.137. The quantitative estimate of drug-likeness (QED) is 0.588. The molecular weight excluding hydrogens is 421 g/mol. The van der Waals surface area contributed by atoms with Crippen molar-refractivity contribution in [3.05, 3.63) is 48.3 Å². The van der Waals surface area contributed by atoms with Crippen LogP contribution in [0.4, 0.5) is 27.9 Å². The van der Waals surface area contributed by atoms with Gasteiger partial charge in [-0.2, -0.15) is 13.2 Å². The van der Waals surface area contributed by atoms with Crippen LogP contribution < -0.4 is 10.6 Å². The number of nitrogens with one attached hydrogen (secondary N) is 2. The Morgan fingerprint density at radius 2 is 1.90 bits per heavy atom. The van der Waals surface area contributed by atoms with E-state index >= 15 is 0 Å². The maximum atomic E-state index is 13.6. The van der Waals surface area contributed by atoms with Crippen LogP contribution in [0, 0.1) is 0 Å². The number of nitrogens with zero attached hydrogens (tertiary/aromatic N) is 5. The van der Waals surface area contributed by atoms with Crippen molar-refractivity contribution in [1.29, 1.82) is 0 Å². The van der Waals surface area contributed by atoms with Crippen LogP contribution in [0.5, 0.6) is 0 Å². The molecule has 3 aromatic heterocycles. The lowest BCUT2D eigenvalue weighted by Gasteiger charge is -2.24. The van der Waals surface area contributed by atoms with Crippen molar-refractivity contribution in [2.75, 3.05) is 18.4 Å². The summed E-state index contributed by atoms with van der Waals surface area (Å²) in [6.07, 6.45) is -1.71. The van der Waals surface area contributed by atoms with Crippen LogP contribution >= 0.6 is 0 Å². The number of hydrogen-bond donors (Lipinski definition) is 2. The Kier molecular flexibility index (Phi) is 5.81. The number of pyridine rings is 1. The van der Waals surface area contributed by atoms with Gasteiger partial charge in [0.1, 0.15) is 29.0 Å². The summed E-state index contributed by atoms with van der Waals surface area (Å²) < 4.78 is 68.4. The Morgan fingerprint density at radius 3 is 2.61 bits per heavy atom. The summed E-state index contributed by atoms with van der Waals surface area (Å²) in [7, 11) is 0. The fraction of sp³-hybridized carbons (Fsp3) is 0.368. The molecule has 0 atom stereocenters. The predicted octanol–water partition coefficient (Wildman–Crippen LogP) is 3.84. The minimum absolute atomic E-state index is 0.0203. The highest BCUT2D eigenvalue weighted by atomic mass is 19.4. The first-order valence-electron chi connectivity index (χ1n) is 9.52. The van der Waals surface area contributed by atoms with E-state index in [0.29, 0.717) is 6.20 Å².